The van der Waals surface area contributed by atoms with Crippen LogP contribution >= 0.6 is 11.3 Å². The smallest absolute Gasteiger partial charge is 0.303 e. The second-order valence-electron chi connectivity index (χ2n) is 15.5. The number of carboxylic acid groups (broad SMARTS) is 1. The number of aliphatic carboxylic acids is 1. The van der Waals surface area contributed by atoms with Crippen LogP contribution in [0, 0.1) is 0 Å². The van der Waals surface area contributed by atoms with E-state index >= 15 is 0 Å². The Kier molecular flexibility index (Phi) is 17.0. The molecule has 1 aromatic heterocycles. The summed E-state index contributed by atoms with van der Waals surface area (Å²) in [4.78, 5) is 82.2. The molecule has 0 unspecified atom stereocenters. The van der Waals surface area contributed by atoms with Crippen LogP contribution in [-0.4, -0.2) is 77.9 Å². The molecular formula is C49H53N5O8S. The molecule has 2 aliphatic rings. The van der Waals surface area contributed by atoms with E-state index in [-0.39, 0.29) is 45.3 Å². The lowest BCUT2D eigenvalue weighted by Gasteiger charge is -2.27. The fraction of sp³-hybridized carbons (Fsp3) is 0.306. The van der Waals surface area contributed by atoms with Gasteiger partial charge in [-0.15, -0.1) is 11.3 Å². The van der Waals surface area contributed by atoms with Gasteiger partial charge < -0.3 is 36.4 Å². The predicted octanol–water partition coefficient (Wildman–Crippen LogP) is 5.17. The van der Waals surface area contributed by atoms with Crippen LogP contribution in [0.3, 0.4) is 0 Å². The minimum absolute atomic E-state index is 0.0356. The van der Waals surface area contributed by atoms with E-state index in [4.69, 9.17) is 9.84 Å². The standard InChI is InChI=1S/C49H53N5O8S/c55-44-32-62-38-24-19-35(20-25-38)29-41(46(58)50-27-9-3-8-16-45(56)57)53-47(59)40(26-21-33-11-4-1-5-12-33)52-48(60)42(54-49(61)43(51-44)31-39-15-10-28-63-39)30-34-17-22-37(23-18-34)36-13-6-2-7-14-36/h1-2,4-7,10-15,17-20,22-25,28,40-43H,3,8-9,16,21,26-27,29-32H2,(H,50,58)(H,51,55)(H,52,60)(H,53,59)(H,54,61)(H,56,57)/t40-,41+,42+,43-/m1/s1. The van der Waals surface area contributed by atoms with Gasteiger partial charge in [0.25, 0.3) is 5.91 Å². The van der Waals surface area contributed by atoms with Gasteiger partial charge in [0, 0.05) is 37.1 Å². The number of fused-ring (bicyclic) bond motifs is 16. The highest BCUT2D eigenvalue weighted by Crippen LogP contribution is 2.21. The maximum Gasteiger partial charge on any atom is 0.303 e. The number of carboxylic acids is 1. The summed E-state index contributed by atoms with van der Waals surface area (Å²) in [5.74, 6) is -3.29. The van der Waals surface area contributed by atoms with Crippen molar-refractivity contribution in [2.75, 3.05) is 13.2 Å². The van der Waals surface area contributed by atoms with Gasteiger partial charge in [-0.1, -0.05) is 110 Å². The van der Waals surface area contributed by atoms with Gasteiger partial charge in [0.05, 0.1) is 0 Å². The number of hydrogen-bond acceptors (Lipinski definition) is 8. The lowest BCUT2D eigenvalue weighted by atomic mass is 9.99. The third kappa shape index (κ3) is 14.7. The molecule has 3 heterocycles. The number of unbranched alkanes of at least 4 members (excludes halogenated alkanes) is 2. The largest absolute Gasteiger partial charge is 0.484 e. The molecule has 13 nitrogen and oxygen atoms in total. The van der Waals surface area contributed by atoms with Gasteiger partial charge in [0.2, 0.25) is 23.6 Å². The zero-order valence-corrected chi connectivity index (χ0v) is 35.7. The minimum atomic E-state index is -1.18. The van der Waals surface area contributed by atoms with E-state index in [2.05, 4.69) is 26.6 Å². The second-order valence-corrected chi connectivity index (χ2v) is 16.5. The molecule has 14 heteroatoms. The summed E-state index contributed by atoms with van der Waals surface area (Å²) >= 11 is 1.43. The Morgan fingerprint density at radius 2 is 1.30 bits per heavy atom. The van der Waals surface area contributed by atoms with E-state index < -0.39 is 59.7 Å². The normalized spacial score (nSPS) is 18.6. The van der Waals surface area contributed by atoms with E-state index in [1.165, 1.54) is 11.3 Å². The van der Waals surface area contributed by atoms with Crippen LogP contribution in [0.25, 0.3) is 11.1 Å². The number of benzene rings is 4. The average Bonchev–Trinajstić information content (AvgIpc) is 3.81. The highest BCUT2D eigenvalue weighted by atomic mass is 32.1. The van der Waals surface area contributed by atoms with E-state index in [0.29, 0.717) is 37.0 Å². The average molecular weight is 872 g/mol. The van der Waals surface area contributed by atoms with Crippen LogP contribution in [0.5, 0.6) is 5.75 Å². The first-order valence-corrected chi connectivity index (χ1v) is 22.1. The van der Waals surface area contributed by atoms with Crippen LogP contribution in [0.15, 0.2) is 127 Å². The van der Waals surface area contributed by atoms with Crippen LogP contribution in [0.2, 0.25) is 0 Å². The van der Waals surface area contributed by atoms with Gasteiger partial charge in [-0.3, -0.25) is 28.8 Å². The summed E-state index contributed by atoms with van der Waals surface area (Å²) in [6.45, 7) is -0.114. The molecule has 0 saturated heterocycles. The lowest BCUT2D eigenvalue weighted by Crippen LogP contribution is -2.59. The molecule has 5 aromatic rings. The molecule has 2 bridgehead atoms. The van der Waals surface area contributed by atoms with E-state index in [0.717, 1.165) is 27.1 Å². The molecule has 4 atom stereocenters. The molecule has 0 fully saturated rings. The van der Waals surface area contributed by atoms with E-state index in [1.54, 1.807) is 24.3 Å². The molecule has 0 spiro atoms. The number of rotatable bonds is 15. The minimum Gasteiger partial charge on any atom is -0.484 e. The summed E-state index contributed by atoms with van der Waals surface area (Å²) in [5.41, 5.74) is 4.37. The maximum absolute atomic E-state index is 14.6. The first-order valence-electron chi connectivity index (χ1n) is 21.2. The number of ether oxygens (including phenoxy) is 1. The molecule has 7 rings (SSSR count). The van der Waals surface area contributed by atoms with Crippen molar-refractivity contribution in [1.82, 2.24) is 26.6 Å². The van der Waals surface area contributed by atoms with Gasteiger partial charge in [-0.25, -0.2) is 0 Å². The highest BCUT2D eigenvalue weighted by molar-refractivity contribution is 7.09. The number of aryl methyl sites for hydroxylation is 1. The number of nitrogens with one attached hydrogen (secondary N) is 5. The fourth-order valence-electron chi connectivity index (χ4n) is 7.25. The molecule has 328 valence electrons. The van der Waals surface area contributed by atoms with Crippen molar-refractivity contribution in [3.8, 4) is 16.9 Å². The van der Waals surface area contributed by atoms with Crippen LogP contribution in [0.1, 0.15) is 53.7 Å². The second kappa shape index (κ2) is 23.4. The Bertz CT molecular complexity index is 2270. The van der Waals surface area contributed by atoms with Crippen molar-refractivity contribution >= 4 is 46.8 Å². The molecule has 63 heavy (non-hydrogen) atoms. The number of hydrogen-bond donors (Lipinski definition) is 6. The molecule has 0 radical (unpaired) electrons. The first kappa shape index (κ1) is 45.7. The first-order chi connectivity index (χ1) is 30.6. The summed E-state index contributed by atoms with van der Waals surface area (Å²) in [6.07, 6.45) is 2.57. The van der Waals surface area contributed by atoms with Crippen molar-refractivity contribution in [2.45, 2.75) is 82.0 Å². The zero-order chi connectivity index (χ0) is 44.4. The highest BCUT2D eigenvalue weighted by Gasteiger charge is 2.32. The lowest BCUT2D eigenvalue weighted by molar-refractivity contribution is -0.137. The Hall–Kier alpha value is -6.80. The van der Waals surface area contributed by atoms with Crippen LogP contribution in [-0.2, 0) is 54.5 Å². The van der Waals surface area contributed by atoms with Gasteiger partial charge in [0.1, 0.15) is 29.9 Å². The summed E-state index contributed by atoms with van der Waals surface area (Å²) in [6, 6.07) is 33.1. The number of carbonyl (C=O) groups excluding carboxylic acids is 5. The van der Waals surface area contributed by atoms with Gasteiger partial charge in [0.15, 0.2) is 6.61 Å². The van der Waals surface area contributed by atoms with Gasteiger partial charge >= 0.3 is 5.97 Å². The zero-order valence-electron chi connectivity index (χ0n) is 34.9. The van der Waals surface area contributed by atoms with Crippen molar-refractivity contribution in [3.63, 3.8) is 0 Å². The number of amides is 5. The molecule has 6 N–H and O–H groups in total. The van der Waals surface area contributed by atoms with Gasteiger partial charge in [-0.05, 0) is 77.1 Å². The molecule has 0 saturated carbocycles. The van der Waals surface area contributed by atoms with E-state index in [9.17, 15) is 28.8 Å². The number of carbonyl (C=O) groups is 6. The monoisotopic (exact) mass is 871 g/mol. The van der Waals surface area contributed by atoms with Crippen molar-refractivity contribution in [3.05, 3.63) is 148 Å². The third-order valence-electron chi connectivity index (χ3n) is 10.7. The van der Waals surface area contributed by atoms with E-state index in [1.807, 2.05) is 102 Å². The van der Waals surface area contributed by atoms with Crippen molar-refractivity contribution in [2.24, 2.45) is 0 Å². The van der Waals surface area contributed by atoms with Gasteiger partial charge in [-0.2, -0.15) is 0 Å². The molecular weight excluding hydrogens is 819 g/mol. The third-order valence-corrected chi connectivity index (χ3v) is 11.6. The van der Waals surface area contributed by atoms with Crippen molar-refractivity contribution < 1.29 is 38.6 Å². The number of thiophene rings is 1. The molecule has 4 aromatic carbocycles. The quantitative estimate of drug-likeness (QED) is 0.0614. The topological polar surface area (TPSA) is 192 Å². The Morgan fingerprint density at radius 3 is 1.98 bits per heavy atom. The SMILES string of the molecule is O=C(O)CCCCCNC(=O)[C@@H]1Cc2ccc(cc2)OCC(=O)N[C@H](Cc2cccs2)C(=O)N[C@@H](Cc2ccc(-c3ccccc3)cc2)C(=O)N[C@H](CCc2ccccc2)C(=O)N1. The summed E-state index contributed by atoms with van der Waals surface area (Å²) < 4.78 is 5.79. The van der Waals surface area contributed by atoms with Crippen LogP contribution in [0.4, 0.5) is 0 Å². The Labute approximate surface area is 371 Å². The maximum atomic E-state index is 14.6. The fourth-order valence-corrected chi connectivity index (χ4v) is 8.01. The summed E-state index contributed by atoms with van der Waals surface area (Å²) in [5, 5.41) is 25.3. The Morgan fingerprint density at radius 1 is 0.651 bits per heavy atom. The summed E-state index contributed by atoms with van der Waals surface area (Å²) in [7, 11) is 0. The molecule has 0 aliphatic carbocycles. The predicted molar refractivity (Wildman–Crippen MR) is 241 cm³/mol. The Balaban J connectivity index is 1.30. The molecule has 2 aliphatic heterocycles. The van der Waals surface area contributed by atoms with Crippen LogP contribution < -0.4 is 31.3 Å². The van der Waals surface area contributed by atoms with Crippen molar-refractivity contribution in [1.29, 1.82) is 0 Å². The molecule has 5 amide bonds.